The molecule has 2 atom stereocenters. The summed E-state index contributed by atoms with van der Waals surface area (Å²) in [7, 11) is 3.12. The number of hydrogen-bond acceptors (Lipinski definition) is 5. The number of Topliss-reactive ketones (excluding diaryl/α,β-unsaturated/α-hetero) is 1. The zero-order valence-corrected chi connectivity index (χ0v) is 15.4. The second-order valence-electron chi connectivity index (χ2n) is 6.39. The van der Waals surface area contributed by atoms with E-state index in [9.17, 15) is 4.79 Å². The summed E-state index contributed by atoms with van der Waals surface area (Å²) in [5.74, 6) is 0.188. The fourth-order valence-electron chi connectivity index (χ4n) is 3.23. The summed E-state index contributed by atoms with van der Waals surface area (Å²) < 4.78 is -0.677. The minimum Gasteiger partial charge on any atom is -0.373 e. The summed E-state index contributed by atoms with van der Waals surface area (Å²) in [4.78, 5) is 18.0. The molecule has 3 nitrogen and oxygen atoms in total. The Morgan fingerprint density at radius 2 is 1.96 bits per heavy atom. The van der Waals surface area contributed by atoms with E-state index in [4.69, 9.17) is 0 Å². The maximum atomic E-state index is 13.6. The lowest BCUT2D eigenvalue weighted by molar-refractivity contribution is -0.127. The van der Waals surface area contributed by atoms with E-state index >= 15 is 0 Å². The smallest absolute Gasteiger partial charge is 0.183 e. The van der Waals surface area contributed by atoms with Crippen LogP contribution in [0, 0.1) is 0 Å². The van der Waals surface area contributed by atoms with E-state index in [0.29, 0.717) is 0 Å². The zero-order valence-electron chi connectivity index (χ0n) is 13.8. The van der Waals surface area contributed by atoms with Gasteiger partial charge < -0.3 is 5.32 Å². The van der Waals surface area contributed by atoms with E-state index in [1.165, 1.54) is 0 Å². The molecule has 3 aliphatic rings. The highest BCUT2D eigenvalue weighted by atomic mass is 33.1. The second kappa shape index (κ2) is 6.39. The summed E-state index contributed by atoms with van der Waals surface area (Å²) in [6, 6.07) is 15.8. The molecular formula is C20H18N2OS2. The first kappa shape index (κ1) is 16.5. The maximum Gasteiger partial charge on any atom is 0.183 e. The molecule has 2 bridgehead atoms. The topological polar surface area (TPSA) is 42.0 Å². The van der Waals surface area contributed by atoms with E-state index in [2.05, 4.69) is 10.3 Å². The zero-order chi connectivity index (χ0) is 17.3. The molecule has 1 aromatic heterocycles. The van der Waals surface area contributed by atoms with E-state index in [0.717, 1.165) is 22.7 Å². The van der Waals surface area contributed by atoms with Crippen molar-refractivity contribution in [1.29, 1.82) is 0 Å². The van der Waals surface area contributed by atoms with Gasteiger partial charge in [-0.2, -0.15) is 0 Å². The molecule has 1 fully saturated rings. The van der Waals surface area contributed by atoms with Crippen molar-refractivity contribution in [2.45, 2.75) is 28.7 Å². The summed E-state index contributed by atoms with van der Waals surface area (Å²) in [6.45, 7) is 2.02. The van der Waals surface area contributed by atoms with Crippen molar-refractivity contribution in [2.24, 2.45) is 0 Å². The third-order valence-electron chi connectivity index (χ3n) is 4.63. The second-order valence-corrected chi connectivity index (χ2v) is 8.96. The van der Waals surface area contributed by atoms with E-state index in [1.807, 2.05) is 73.7 Å². The van der Waals surface area contributed by atoms with Crippen molar-refractivity contribution in [3.63, 3.8) is 0 Å². The van der Waals surface area contributed by atoms with E-state index in [-0.39, 0.29) is 5.78 Å². The van der Waals surface area contributed by atoms with Gasteiger partial charge in [0, 0.05) is 18.3 Å². The molecule has 2 unspecified atom stereocenters. The molecule has 1 aliphatic carbocycles. The van der Waals surface area contributed by atoms with Gasteiger partial charge in [0.15, 0.2) is 5.78 Å². The Kier molecular flexibility index (Phi) is 4.21. The summed E-state index contributed by atoms with van der Waals surface area (Å²) >= 11 is 0. The van der Waals surface area contributed by atoms with Crippen LogP contribution < -0.4 is 5.32 Å². The van der Waals surface area contributed by atoms with Gasteiger partial charge in [-0.25, -0.2) is 4.98 Å². The molecule has 1 aromatic carbocycles. The first-order valence-electron chi connectivity index (χ1n) is 8.16. The third kappa shape index (κ3) is 2.92. The fourth-order valence-corrected chi connectivity index (χ4v) is 5.78. The number of nitrogens with one attached hydrogen (secondary N) is 1. The highest BCUT2D eigenvalue weighted by molar-refractivity contribution is 8.77. The Morgan fingerprint density at radius 1 is 1.20 bits per heavy atom. The Balaban J connectivity index is 1.65. The molecular weight excluding hydrogens is 348 g/mol. The van der Waals surface area contributed by atoms with Crippen LogP contribution in [0.5, 0.6) is 0 Å². The number of aromatic nitrogens is 1. The van der Waals surface area contributed by atoms with Crippen molar-refractivity contribution in [2.75, 3.05) is 0 Å². The highest BCUT2D eigenvalue weighted by Gasteiger charge is 2.53. The minimum absolute atomic E-state index is 0.188. The molecule has 0 spiro atoms. The standard InChI is InChI=1S/C20H18N2OS2/c1-19(15-8-3-2-4-9-15,25-24-17-11-5-6-13-21-17)18(23)20-12-7-10-16(14-20)22-20/h2-13,22H,14H2,1H3. The molecule has 25 heavy (non-hydrogen) atoms. The molecule has 2 aromatic rings. The van der Waals surface area contributed by atoms with Crippen LogP contribution in [0.15, 0.2) is 83.7 Å². The number of hydrogen-bond donors (Lipinski definition) is 1. The average Bonchev–Trinajstić information content (AvgIpc) is 2.67. The van der Waals surface area contributed by atoms with E-state index < -0.39 is 10.3 Å². The monoisotopic (exact) mass is 366 g/mol. The van der Waals surface area contributed by atoms with Crippen LogP contribution in [-0.4, -0.2) is 16.3 Å². The Bertz CT molecular complexity index is 841. The van der Waals surface area contributed by atoms with Gasteiger partial charge >= 0.3 is 0 Å². The van der Waals surface area contributed by atoms with Crippen molar-refractivity contribution in [1.82, 2.24) is 10.3 Å². The molecule has 3 heterocycles. The van der Waals surface area contributed by atoms with Crippen LogP contribution in [0.25, 0.3) is 0 Å². The van der Waals surface area contributed by atoms with Crippen molar-refractivity contribution < 1.29 is 4.79 Å². The Morgan fingerprint density at radius 3 is 2.60 bits per heavy atom. The van der Waals surface area contributed by atoms with Gasteiger partial charge in [-0.1, -0.05) is 59.3 Å². The lowest BCUT2D eigenvalue weighted by atomic mass is 9.72. The predicted molar refractivity (Wildman–Crippen MR) is 104 cm³/mol. The van der Waals surface area contributed by atoms with Gasteiger partial charge in [0.25, 0.3) is 0 Å². The molecule has 1 N–H and O–H groups in total. The van der Waals surface area contributed by atoms with Gasteiger partial charge in [0.2, 0.25) is 0 Å². The lowest BCUT2D eigenvalue weighted by Crippen LogP contribution is -2.64. The average molecular weight is 367 g/mol. The van der Waals surface area contributed by atoms with Crippen LogP contribution in [0.2, 0.25) is 0 Å². The molecule has 0 amide bonds. The number of fused-ring (bicyclic) bond motifs is 1. The third-order valence-corrected chi connectivity index (χ3v) is 7.64. The maximum absolute atomic E-state index is 13.6. The van der Waals surface area contributed by atoms with Crippen LogP contribution in [0.4, 0.5) is 0 Å². The van der Waals surface area contributed by atoms with Crippen LogP contribution in [-0.2, 0) is 9.54 Å². The fraction of sp³-hybridized carbons (Fsp3) is 0.200. The normalized spacial score (nSPS) is 23.0. The van der Waals surface area contributed by atoms with E-state index in [1.54, 1.807) is 27.8 Å². The van der Waals surface area contributed by atoms with Crippen molar-refractivity contribution >= 4 is 27.4 Å². The number of benzene rings is 1. The molecule has 5 heteroatoms. The SMILES string of the molecule is CC(SSc1ccccn1)(C(=O)C12C=CC=C(C1)N2)c1ccccc1. The number of dihydropyridines is 1. The number of carbonyl (C=O) groups is 1. The number of ketones is 1. The first-order valence-corrected chi connectivity index (χ1v) is 10.3. The highest BCUT2D eigenvalue weighted by Crippen LogP contribution is 2.51. The lowest BCUT2D eigenvalue weighted by Gasteiger charge is -2.48. The Labute approximate surface area is 155 Å². The van der Waals surface area contributed by atoms with Gasteiger partial charge in [-0.3, -0.25) is 4.79 Å². The summed E-state index contributed by atoms with van der Waals surface area (Å²) in [6.07, 6.45) is 8.55. The summed E-state index contributed by atoms with van der Waals surface area (Å²) in [5.41, 5.74) is 1.57. The molecule has 0 radical (unpaired) electrons. The van der Waals surface area contributed by atoms with Crippen LogP contribution in [0.1, 0.15) is 18.9 Å². The van der Waals surface area contributed by atoms with Gasteiger partial charge in [0.05, 0.1) is 0 Å². The molecule has 126 valence electrons. The number of carbonyl (C=O) groups excluding carboxylic acids is 1. The van der Waals surface area contributed by atoms with Gasteiger partial charge in [-0.15, -0.1) is 0 Å². The van der Waals surface area contributed by atoms with Gasteiger partial charge in [0.1, 0.15) is 15.3 Å². The molecule has 1 saturated heterocycles. The predicted octanol–water partition coefficient (Wildman–Crippen LogP) is 4.49. The largest absolute Gasteiger partial charge is 0.373 e. The van der Waals surface area contributed by atoms with Crippen LogP contribution in [0.3, 0.4) is 0 Å². The number of pyridine rings is 1. The quantitative estimate of drug-likeness (QED) is 0.763. The van der Waals surface area contributed by atoms with Crippen molar-refractivity contribution in [3.05, 3.63) is 84.2 Å². The first-order chi connectivity index (χ1) is 12.1. The number of allylic oxidation sites excluding steroid dienone is 2. The molecule has 2 aliphatic heterocycles. The Hall–Kier alpha value is -1.98. The molecule has 5 rings (SSSR count). The van der Waals surface area contributed by atoms with Crippen molar-refractivity contribution in [3.8, 4) is 0 Å². The number of nitrogens with zero attached hydrogens (tertiary/aromatic N) is 1. The van der Waals surface area contributed by atoms with Gasteiger partial charge in [-0.05, 0) is 41.5 Å². The number of rotatable bonds is 6. The molecule has 0 saturated carbocycles. The van der Waals surface area contributed by atoms with Crippen LogP contribution >= 0.6 is 21.6 Å². The minimum atomic E-state index is -0.677. The summed E-state index contributed by atoms with van der Waals surface area (Å²) in [5, 5.41) is 4.26.